The van der Waals surface area contributed by atoms with Gasteiger partial charge >= 0.3 is 0 Å². The van der Waals surface area contributed by atoms with E-state index in [1.807, 2.05) is 0 Å². The first-order chi connectivity index (χ1) is 8.52. The molecule has 0 saturated carbocycles. The van der Waals surface area contributed by atoms with Crippen LogP contribution in [0.2, 0.25) is 5.02 Å². The smallest absolute Gasteiger partial charge is 0.170 e. The summed E-state index contributed by atoms with van der Waals surface area (Å²) >= 11 is 6.10. The molecule has 0 aliphatic carbocycles. The van der Waals surface area contributed by atoms with Gasteiger partial charge in [-0.25, -0.2) is 0 Å². The molecule has 1 aliphatic rings. The molecule has 4 heteroatoms. The maximum absolute atomic E-state index is 12.5. The molecule has 0 bridgehead atoms. The highest BCUT2D eigenvalue weighted by Gasteiger charge is 2.27. The van der Waals surface area contributed by atoms with Crippen LogP contribution >= 0.6 is 11.6 Å². The van der Waals surface area contributed by atoms with E-state index >= 15 is 0 Å². The number of phenols is 1. The second-order valence-electron chi connectivity index (χ2n) is 4.91. The van der Waals surface area contributed by atoms with Crippen molar-refractivity contribution in [1.82, 2.24) is 5.32 Å². The Kier molecular flexibility index (Phi) is 3.93. The average molecular weight is 268 g/mol. The Labute approximate surface area is 112 Å². The highest BCUT2D eigenvalue weighted by atomic mass is 35.5. The zero-order chi connectivity index (χ0) is 13.3. The number of aryl methyl sites for hydroxylation is 1. The molecule has 2 N–H and O–H groups in total. The summed E-state index contributed by atoms with van der Waals surface area (Å²) in [5.74, 6) is 0.103. The van der Waals surface area contributed by atoms with Crippen LogP contribution in [0.4, 0.5) is 0 Å². The van der Waals surface area contributed by atoms with Gasteiger partial charge < -0.3 is 10.4 Å². The lowest BCUT2D eigenvalue weighted by atomic mass is 9.86. The number of phenolic OH excluding ortho intramolecular Hbond substituents is 1. The number of halogens is 1. The zero-order valence-electron chi connectivity index (χ0n) is 10.7. The molecule has 0 amide bonds. The van der Waals surface area contributed by atoms with E-state index in [9.17, 15) is 9.90 Å². The molecule has 98 valence electrons. The van der Waals surface area contributed by atoms with Crippen molar-refractivity contribution < 1.29 is 9.90 Å². The van der Waals surface area contributed by atoms with Gasteiger partial charge in [0.25, 0.3) is 0 Å². The average Bonchev–Trinajstić information content (AvgIpc) is 2.37. The molecule has 1 aromatic rings. The molecule has 18 heavy (non-hydrogen) atoms. The standard InChI is InChI=1S/C14H18ClNO2/c1-8-7-11(15)9(2)12(13(8)17)14(18)10-3-5-16-6-4-10/h7,10,16-17H,3-6H2,1-2H3. The lowest BCUT2D eigenvalue weighted by Crippen LogP contribution is -2.32. The molecule has 1 aliphatic heterocycles. The molecule has 1 fully saturated rings. The molecular weight excluding hydrogens is 250 g/mol. The van der Waals surface area contributed by atoms with Crippen LogP contribution in [-0.2, 0) is 0 Å². The minimum atomic E-state index is -0.00582. The monoisotopic (exact) mass is 267 g/mol. The predicted molar refractivity (Wildman–Crippen MR) is 72.5 cm³/mol. The van der Waals surface area contributed by atoms with Crippen molar-refractivity contribution in [2.45, 2.75) is 26.7 Å². The summed E-state index contributed by atoms with van der Waals surface area (Å²) in [5.41, 5.74) is 1.75. The molecule has 0 radical (unpaired) electrons. The molecule has 0 unspecified atom stereocenters. The normalized spacial score (nSPS) is 16.8. The molecule has 0 atom stereocenters. The van der Waals surface area contributed by atoms with Crippen molar-refractivity contribution in [3.05, 3.63) is 27.8 Å². The minimum absolute atomic E-state index is 0.00582. The lowest BCUT2D eigenvalue weighted by molar-refractivity contribution is 0.0891. The maximum atomic E-state index is 12.5. The number of aromatic hydroxyl groups is 1. The van der Waals surface area contributed by atoms with Crippen molar-refractivity contribution in [1.29, 1.82) is 0 Å². The van der Waals surface area contributed by atoms with Crippen molar-refractivity contribution in [3.63, 3.8) is 0 Å². The summed E-state index contributed by atoms with van der Waals surface area (Å²) in [5, 5.41) is 13.9. The van der Waals surface area contributed by atoms with Crippen LogP contribution in [0.15, 0.2) is 6.07 Å². The Balaban J connectivity index is 2.40. The first kappa shape index (κ1) is 13.4. The fraction of sp³-hybridized carbons (Fsp3) is 0.500. The first-order valence-corrected chi connectivity index (χ1v) is 6.63. The molecule has 0 spiro atoms. The third-order valence-corrected chi connectivity index (χ3v) is 4.04. The minimum Gasteiger partial charge on any atom is -0.507 e. The number of ketones is 1. The Bertz CT molecular complexity index is 453. The van der Waals surface area contributed by atoms with Crippen molar-refractivity contribution in [2.75, 3.05) is 13.1 Å². The number of Topliss-reactive ketones (excluding diaryl/α,β-unsaturated/α-hetero) is 1. The summed E-state index contributed by atoms with van der Waals surface area (Å²) in [7, 11) is 0. The van der Waals surface area contributed by atoms with E-state index in [1.54, 1.807) is 19.9 Å². The van der Waals surface area contributed by atoms with Crippen LogP contribution in [-0.4, -0.2) is 24.0 Å². The van der Waals surface area contributed by atoms with E-state index in [0.717, 1.165) is 25.9 Å². The summed E-state index contributed by atoms with van der Waals surface area (Å²) in [6.45, 7) is 5.27. The Morgan fingerprint density at radius 1 is 1.39 bits per heavy atom. The second-order valence-corrected chi connectivity index (χ2v) is 5.32. The van der Waals surface area contributed by atoms with E-state index in [1.165, 1.54) is 0 Å². The largest absolute Gasteiger partial charge is 0.507 e. The third-order valence-electron chi connectivity index (χ3n) is 3.64. The lowest BCUT2D eigenvalue weighted by Gasteiger charge is -2.23. The van der Waals surface area contributed by atoms with Gasteiger partial charge in [0.2, 0.25) is 0 Å². The van der Waals surface area contributed by atoms with Crippen LogP contribution in [0.3, 0.4) is 0 Å². The molecule has 1 aromatic carbocycles. The van der Waals surface area contributed by atoms with Gasteiger partial charge in [0.15, 0.2) is 5.78 Å². The summed E-state index contributed by atoms with van der Waals surface area (Å²) < 4.78 is 0. The van der Waals surface area contributed by atoms with Gasteiger partial charge in [-0.15, -0.1) is 0 Å². The highest BCUT2D eigenvalue weighted by molar-refractivity contribution is 6.32. The molecule has 0 aromatic heterocycles. The number of hydrogen-bond donors (Lipinski definition) is 2. The third kappa shape index (κ3) is 2.38. The van der Waals surface area contributed by atoms with Crippen LogP contribution in [0.5, 0.6) is 5.75 Å². The van der Waals surface area contributed by atoms with Crippen molar-refractivity contribution >= 4 is 17.4 Å². The Morgan fingerprint density at radius 3 is 2.61 bits per heavy atom. The van der Waals surface area contributed by atoms with Crippen LogP contribution in [0.25, 0.3) is 0 Å². The number of carbonyl (C=O) groups excluding carboxylic acids is 1. The quantitative estimate of drug-likeness (QED) is 0.810. The van der Waals surface area contributed by atoms with E-state index in [4.69, 9.17) is 11.6 Å². The fourth-order valence-electron chi connectivity index (χ4n) is 2.45. The van der Waals surface area contributed by atoms with Gasteiger partial charge in [-0.2, -0.15) is 0 Å². The number of hydrogen-bond acceptors (Lipinski definition) is 3. The summed E-state index contributed by atoms with van der Waals surface area (Å²) in [6, 6.07) is 1.70. The maximum Gasteiger partial charge on any atom is 0.170 e. The van der Waals surface area contributed by atoms with Crippen LogP contribution in [0, 0.1) is 19.8 Å². The second kappa shape index (κ2) is 5.29. The summed E-state index contributed by atoms with van der Waals surface area (Å²) in [6.07, 6.45) is 1.65. The van der Waals surface area contributed by atoms with E-state index in [-0.39, 0.29) is 17.5 Å². The Morgan fingerprint density at radius 2 is 2.00 bits per heavy atom. The first-order valence-electron chi connectivity index (χ1n) is 6.26. The predicted octanol–water partition coefficient (Wildman–Crippen LogP) is 2.84. The van der Waals surface area contributed by atoms with Crippen molar-refractivity contribution in [2.24, 2.45) is 5.92 Å². The van der Waals surface area contributed by atoms with Gasteiger partial charge in [-0.3, -0.25) is 4.79 Å². The topological polar surface area (TPSA) is 49.3 Å². The number of rotatable bonds is 2. The van der Waals surface area contributed by atoms with Gasteiger partial charge in [-0.05, 0) is 57.0 Å². The molecule has 1 heterocycles. The summed E-state index contributed by atoms with van der Waals surface area (Å²) in [4.78, 5) is 12.5. The highest BCUT2D eigenvalue weighted by Crippen LogP contribution is 2.34. The van der Waals surface area contributed by atoms with Gasteiger partial charge in [0.1, 0.15) is 5.75 Å². The van der Waals surface area contributed by atoms with E-state index < -0.39 is 0 Å². The van der Waals surface area contributed by atoms with E-state index in [2.05, 4.69) is 5.32 Å². The van der Waals surface area contributed by atoms with Crippen molar-refractivity contribution in [3.8, 4) is 5.75 Å². The number of nitrogens with one attached hydrogen (secondary N) is 1. The molecule has 3 nitrogen and oxygen atoms in total. The number of piperidine rings is 1. The zero-order valence-corrected chi connectivity index (χ0v) is 11.5. The molecular formula is C14H18ClNO2. The van der Waals surface area contributed by atoms with Gasteiger partial charge in [0, 0.05) is 10.9 Å². The van der Waals surface area contributed by atoms with Gasteiger partial charge in [0.05, 0.1) is 5.56 Å². The fourth-order valence-corrected chi connectivity index (χ4v) is 2.71. The van der Waals surface area contributed by atoms with E-state index in [0.29, 0.717) is 21.7 Å². The number of benzene rings is 1. The Hall–Kier alpha value is -1.06. The SMILES string of the molecule is Cc1cc(Cl)c(C)c(C(=O)C2CCNCC2)c1O. The van der Waals surface area contributed by atoms with Crippen LogP contribution < -0.4 is 5.32 Å². The molecule has 2 rings (SSSR count). The number of carbonyl (C=O) groups is 1. The van der Waals surface area contributed by atoms with Crippen LogP contribution in [0.1, 0.15) is 34.3 Å². The van der Waals surface area contributed by atoms with Gasteiger partial charge in [-0.1, -0.05) is 11.6 Å². The molecule has 1 saturated heterocycles.